The Kier molecular flexibility index (Phi) is 13.9. The summed E-state index contributed by atoms with van der Waals surface area (Å²) in [5.41, 5.74) is 0. The van der Waals surface area contributed by atoms with Crippen LogP contribution in [0.3, 0.4) is 0 Å². The predicted molar refractivity (Wildman–Crippen MR) is 76.6 cm³/mol. The van der Waals surface area contributed by atoms with E-state index in [-0.39, 0.29) is 0 Å². The van der Waals surface area contributed by atoms with Crippen LogP contribution in [0.1, 0.15) is 71.6 Å². The van der Waals surface area contributed by atoms with Gasteiger partial charge in [-0.15, -0.1) is 0 Å². The average Bonchev–Trinajstić information content (AvgIpc) is 2.34. The molecule has 0 aliphatic heterocycles. The first-order valence-corrected chi connectivity index (χ1v) is 7.57. The number of hydrogen-bond donors (Lipinski definition) is 1. The highest BCUT2D eigenvalue weighted by Gasteiger charge is 2.05. The van der Waals surface area contributed by atoms with Gasteiger partial charge >= 0.3 is 0 Å². The first-order chi connectivity index (χ1) is 8.35. The van der Waals surface area contributed by atoms with E-state index in [1.165, 1.54) is 51.4 Å². The first-order valence-electron chi connectivity index (χ1n) is 7.57. The van der Waals surface area contributed by atoms with E-state index in [1.807, 2.05) is 0 Å². The average molecular weight is 243 g/mol. The molecule has 0 rings (SSSR count). The number of nitrogens with one attached hydrogen (secondary N) is 1. The topological polar surface area (TPSA) is 21.3 Å². The van der Waals surface area contributed by atoms with Crippen molar-refractivity contribution in [2.45, 2.75) is 77.7 Å². The van der Waals surface area contributed by atoms with Crippen molar-refractivity contribution in [3.8, 4) is 0 Å². The zero-order chi connectivity index (χ0) is 12.8. The van der Waals surface area contributed by atoms with Crippen molar-refractivity contribution in [1.82, 2.24) is 5.32 Å². The maximum absolute atomic E-state index is 5.15. The minimum absolute atomic E-state index is 0.663. The molecule has 1 atom stereocenters. The number of unbranched alkanes of at least 4 members (excludes halogenated alkanes) is 6. The lowest BCUT2D eigenvalue weighted by molar-refractivity contribution is 0.180. The summed E-state index contributed by atoms with van der Waals surface area (Å²) in [6.07, 6.45) is 12.3. The van der Waals surface area contributed by atoms with Crippen molar-refractivity contribution in [1.29, 1.82) is 0 Å². The summed E-state index contributed by atoms with van der Waals surface area (Å²) in [6.45, 7) is 6.42. The van der Waals surface area contributed by atoms with E-state index in [9.17, 15) is 0 Å². The molecule has 0 heterocycles. The largest absolute Gasteiger partial charge is 0.385 e. The molecule has 0 fully saturated rings. The first kappa shape index (κ1) is 16.9. The summed E-state index contributed by atoms with van der Waals surface area (Å²) < 4.78 is 5.15. The summed E-state index contributed by atoms with van der Waals surface area (Å²) in [5, 5.41) is 3.55. The van der Waals surface area contributed by atoms with Gasteiger partial charge in [0.1, 0.15) is 0 Å². The Morgan fingerprint density at radius 2 is 1.53 bits per heavy atom. The standard InChI is InChI=1S/C15H33NO/c1-4-6-7-8-9-10-11-12-15(16-5-2)13-14-17-3/h15-16H,4-14H2,1-3H3. The van der Waals surface area contributed by atoms with Crippen LogP contribution in [0.4, 0.5) is 0 Å². The highest BCUT2D eigenvalue weighted by atomic mass is 16.5. The Balaban J connectivity index is 3.34. The van der Waals surface area contributed by atoms with Gasteiger partial charge in [0.05, 0.1) is 0 Å². The van der Waals surface area contributed by atoms with Crippen LogP contribution in [0.5, 0.6) is 0 Å². The molecule has 0 aromatic heterocycles. The SMILES string of the molecule is CCCCCCCCCC(CCOC)NCC. The van der Waals surface area contributed by atoms with Crippen molar-refractivity contribution >= 4 is 0 Å². The second-order valence-corrected chi connectivity index (χ2v) is 4.95. The molecule has 0 aromatic carbocycles. The van der Waals surface area contributed by atoms with Crippen LogP contribution < -0.4 is 5.32 Å². The summed E-state index contributed by atoms with van der Waals surface area (Å²) >= 11 is 0. The van der Waals surface area contributed by atoms with Gasteiger partial charge < -0.3 is 10.1 Å². The Bertz CT molecular complexity index is 139. The summed E-state index contributed by atoms with van der Waals surface area (Å²) in [7, 11) is 1.79. The lowest BCUT2D eigenvalue weighted by Crippen LogP contribution is -2.29. The van der Waals surface area contributed by atoms with E-state index in [1.54, 1.807) is 7.11 Å². The van der Waals surface area contributed by atoms with E-state index < -0.39 is 0 Å². The zero-order valence-electron chi connectivity index (χ0n) is 12.3. The van der Waals surface area contributed by atoms with Crippen LogP contribution in [-0.4, -0.2) is 26.3 Å². The number of methoxy groups -OCH3 is 1. The van der Waals surface area contributed by atoms with Gasteiger partial charge in [-0.25, -0.2) is 0 Å². The van der Waals surface area contributed by atoms with E-state index in [2.05, 4.69) is 19.2 Å². The van der Waals surface area contributed by atoms with Gasteiger partial charge in [0.2, 0.25) is 0 Å². The number of hydrogen-bond acceptors (Lipinski definition) is 2. The zero-order valence-corrected chi connectivity index (χ0v) is 12.3. The maximum Gasteiger partial charge on any atom is 0.0477 e. The third kappa shape index (κ3) is 12.2. The van der Waals surface area contributed by atoms with Gasteiger partial charge in [-0.3, -0.25) is 0 Å². The molecule has 0 aliphatic rings. The Labute approximate surface area is 109 Å². The molecular formula is C15H33NO. The molecule has 17 heavy (non-hydrogen) atoms. The van der Waals surface area contributed by atoms with Crippen LogP contribution in [-0.2, 0) is 4.74 Å². The maximum atomic E-state index is 5.15. The second-order valence-electron chi connectivity index (χ2n) is 4.95. The number of rotatable bonds is 13. The molecule has 0 aromatic rings. The summed E-state index contributed by atoms with van der Waals surface area (Å²) in [4.78, 5) is 0. The van der Waals surface area contributed by atoms with Gasteiger partial charge in [-0.2, -0.15) is 0 Å². The molecule has 0 saturated carbocycles. The molecular weight excluding hydrogens is 210 g/mol. The Morgan fingerprint density at radius 1 is 0.882 bits per heavy atom. The molecule has 2 heteroatoms. The molecule has 1 N–H and O–H groups in total. The fourth-order valence-electron chi connectivity index (χ4n) is 2.25. The Hall–Kier alpha value is -0.0800. The van der Waals surface area contributed by atoms with Gasteiger partial charge in [0.25, 0.3) is 0 Å². The molecule has 0 saturated heterocycles. The van der Waals surface area contributed by atoms with Gasteiger partial charge in [-0.05, 0) is 19.4 Å². The summed E-state index contributed by atoms with van der Waals surface area (Å²) in [6, 6.07) is 0.663. The van der Waals surface area contributed by atoms with Crippen LogP contribution >= 0.6 is 0 Å². The Morgan fingerprint density at radius 3 is 2.12 bits per heavy atom. The van der Waals surface area contributed by atoms with Crippen LogP contribution in [0.25, 0.3) is 0 Å². The van der Waals surface area contributed by atoms with Crippen molar-refractivity contribution in [2.24, 2.45) is 0 Å². The van der Waals surface area contributed by atoms with Crippen molar-refractivity contribution in [2.75, 3.05) is 20.3 Å². The quantitative estimate of drug-likeness (QED) is 0.491. The lowest BCUT2D eigenvalue weighted by atomic mass is 10.0. The normalized spacial score (nSPS) is 12.9. The van der Waals surface area contributed by atoms with E-state index in [0.29, 0.717) is 6.04 Å². The molecule has 0 radical (unpaired) electrons. The van der Waals surface area contributed by atoms with Crippen molar-refractivity contribution in [3.63, 3.8) is 0 Å². The van der Waals surface area contributed by atoms with Crippen molar-refractivity contribution < 1.29 is 4.74 Å². The molecule has 0 amide bonds. The highest BCUT2D eigenvalue weighted by molar-refractivity contribution is 4.65. The lowest BCUT2D eigenvalue weighted by Gasteiger charge is -2.17. The fraction of sp³-hybridized carbons (Fsp3) is 1.00. The number of ether oxygens (including phenoxy) is 1. The van der Waals surface area contributed by atoms with Gasteiger partial charge in [-0.1, -0.05) is 58.8 Å². The molecule has 0 aliphatic carbocycles. The van der Waals surface area contributed by atoms with Crippen LogP contribution in [0.2, 0.25) is 0 Å². The molecule has 1 unspecified atom stereocenters. The molecule has 2 nitrogen and oxygen atoms in total. The van der Waals surface area contributed by atoms with Crippen LogP contribution in [0, 0.1) is 0 Å². The predicted octanol–water partition coefficient (Wildman–Crippen LogP) is 4.14. The van der Waals surface area contributed by atoms with E-state index in [4.69, 9.17) is 4.74 Å². The van der Waals surface area contributed by atoms with E-state index in [0.717, 1.165) is 19.6 Å². The smallest absolute Gasteiger partial charge is 0.0477 e. The molecule has 104 valence electrons. The van der Waals surface area contributed by atoms with Crippen molar-refractivity contribution in [3.05, 3.63) is 0 Å². The third-order valence-electron chi connectivity index (χ3n) is 3.32. The minimum atomic E-state index is 0.663. The fourth-order valence-corrected chi connectivity index (χ4v) is 2.25. The summed E-state index contributed by atoms with van der Waals surface area (Å²) in [5.74, 6) is 0. The van der Waals surface area contributed by atoms with E-state index >= 15 is 0 Å². The monoisotopic (exact) mass is 243 g/mol. The highest BCUT2D eigenvalue weighted by Crippen LogP contribution is 2.11. The second kappa shape index (κ2) is 14.0. The minimum Gasteiger partial charge on any atom is -0.385 e. The third-order valence-corrected chi connectivity index (χ3v) is 3.32. The van der Waals surface area contributed by atoms with Gasteiger partial charge in [0.15, 0.2) is 0 Å². The van der Waals surface area contributed by atoms with Crippen LogP contribution in [0.15, 0.2) is 0 Å². The van der Waals surface area contributed by atoms with Gasteiger partial charge in [0, 0.05) is 19.8 Å². The molecule has 0 spiro atoms. The molecule has 0 bridgehead atoms.